The standard InChI is InChI=1S/C14H24N4OS/c1-11(2)9-13-17-12(10-20-13)14(19)16-5-8-18-6-3-15-4-7-18/h10-11,15H,3-9H2,1-2H3,(H,16,19). The molecule has 2 rings (SSSR count). The number of carbonyl (C=O) groups excluding carboxylic acids is 1. The van der Waals surface area contributed by atoms with Gasteiger partial charge in [0, 0.05) is 51.1 Å². The Morgan fingerprint density at radius 1 is 1.50 bits per heavy atom. The van der Waals surface area contributed by atoms with Gasteiger partial charge in [-0.3, -0.25) is 9.69 Å². The molecule has 1 aliphatic heterocycles. The van der Waals surface area contributed by atoms with Gasteiger partial charge in [-0.05, 0) is 5.92 Å². The second-order valence-electron chi connectivity index (χ2n) is 5.57. The largest absolute Gasteiger partial charge is 0.349 e. The molecule has 1 aliphatic rings. The first-order valence-electron chi connectivity index (χ1n) is 7.31. The summed E-state index contributed by atoms with van der Waals surface area (Å²) in [6.45, 7) is 10.1. The minimum atomic E-state index is -0.0496. The minimum Gasteiger partial charge on any atom is -0.349 e. The highest BCUT2D eigenvalue weighted by Gasteiger charge is 2.13. The first-order chi connectivity index (χ1) is 9.65. The molecule has 20 heavy (non-hydrogen) atoms. The molecule has 112 valence electrons. The van der Waals surface area contributed by atoms with Crippen molar-refractivity contribution in [2.45, 2.75) is 20.3 Å². The van der Waals surface area contributed by atoms with E-state index in [1.165, 1.54) is 0 Å². The summed E-state index contributed by atoms with van der Waals surface area (Å²) in [6.07, 6.45) is 0.943. The predicted octanol–water partition coefficient (Wildman–Crippen LogP) is 0.977. The summed E-state index contributed by atoms with van der Waals surface area (Å²) in [6, 6.07) is 0. The third-order valence-electron chi connectivity index (χ3n) is 3.29. The smallest absolute Gasteiger partial charge is 0.270 e. The van der Waals surface area contributed by atoms with Crippen molar-refractivity contribution in [3.05, 3.63) is 16.1 Å². The van der Waals surface area contributed by atoms with Crippen LogP contribution in [0.1, 0.15) is 29.3 Å². The number of piperazine rings is 1. The fraction of sp³-hybridized carbons (Fsp3) is 0.714. The quantitative estimate of drug-likeness (QED) is 0.821. The molecule has 2 N–H and O–H groups in total. The maximum absolute atomic E-state index is 12.0. The number of carbonyl (C=O) groups is 1. The van der Waals surface area contributed by atoms with Crippen LogP contribution in [0.15, 0.2) is 5.38 Å². The van der Waals surface area contributed by atoms with E-state index in [1.54, 1.807) is 11.3 Å². The highest BCUT2D eigenvalue weighted by Crippen LogP contribution is 2.14. The minimum absolute atomic E-state index is 0.0496. The van der Waals surface area contributed by atoms with Gasteiger partial charge in [-0.25, -0.2) is 4.98 Å². The van der Waals surface area contributed by atoms with Gasteiger partial charge in [-0.1, -0.05) is 13.8 Å². The van der Waals surface area contributed by atoms with Crippen molar-refractivity contribution in [3.63, 3.8) is 0 Å². The van der Waals surface area contributed by atoms with E-state index in [0.717, 1.165) is 44.2 Å². The number of amides is 1. The lowest BCUT2D eigenvalue weighted by Gasteiger charge is -2.26. The summed E-state index contributed by atoms with van der Waals surface area (Å²) in [5, 5.41) is 9.18. The highest BCUT2D eigenvalue weighted by molar-refractivity contribution is 7.09. The topological polar surface area (TPSA) is 57.3 Å². The van der Waals surface area contributed by atoms with E-state index < -0.39 is 0 Å². The maximum Gasteiger partial charge on any atom is 0.270 e. The molecule has 0 aliphatic carbocycles. The lowest BCUT2D eigenvalue weighted by molar-refractivity contribution is 0.0943. The molecule has 1 amide bonds. The van der Waals surface area contributed by atoms with Crippen LogP contribution in [-0.4, -0.2) is 55.1 Å². The fourth-order valence-corrected chi connectivity index (χ4v) is 3.20. The number of rotatable bonds is 6. The van der Waals surface area contributed by atoms with Crippen LogP contribution in [0.4, 0.5) is 0 Å². The monoisotopic (exact) mass is 296 g/mol. The van der Waals surface area contributed by atoms with Gasteiger partial charge in [-0.2, -0.15) is 0 Å². The molecular weight excluding hydrogens is 272 g/mol. The molecule has 2 heterocycles. The van der Waals surface area contributed by atoms with Gasteiger partial charge < -0.3 is 10.6 Å². The van der Waals surface area contributed by atoms with E-state index in [9.17, 15) is 4.79 Å². The van der Waals surface area contributed by atoms with Gasteiger partial charge in [0.25, 0.3) is 5.91 Å². The zero-order chi connectivity index (χ0) is 14.4. The van der Waals surface area contributed by atoms with Crippen molar-refractivity contribution in [1.29, 1.82) is 0 Å². The van der Waals surface area contributed by atoms with E-state index >= 15 is 0 Å². The summed E-state index contributed by atoms with van der Waals surface area (Å²) >= 11 is 1.58. The Morgan fingerprint density at radius 3 is 2.95 bits per heavy atom. The molecule has 0 radical (unpaired) electrons. The van der Waals surface area contributed by atoms with Crippen LogP contribution in [0.25, 0.3) is 0 Å². The SMILES string of the molecule is CC(C)Cc1nc(C(=O)NCCN2CCNCC2)cs1. The van der Waals surface area contributed by atoms with Crippen molar-refractivity contribution in [3.8, 4) is 0 Å². The average molecular weight is 296 g/mol. The number of nitrogens with one attached hydrogen (secondary N) is 2. The Labute approximate surface area is 124 Å². The first-order valence-corrected chi connectivity index (χ1v) is 8.19. The predicted molar refractivity (Wildman–Crippen MR) is 82.3 cm³/mol. The number of hydrogen-bond donors (Lipinski definition) is 2. The molecule has 0 spiro atoms. The summed E-state index contributed by atoms with van der Waals surface area (Å²) in [4.78, 5) is 18.7. The molecule has 1 aromatic heterocycles. The Hall–Kier alpha value is -0.980. The number of hydrogen-bond acceptors (Lipinski definition) is 5. The Morgan fingerprint density at radius 2 is 2.25 bits per heavy atom. The normalized spacial score (nSPS) is 16.6. The van der Waals surface area contributed by atoms with Crippen LogP contribution >= 0.6 is 11.3 Å². The molecule has 5 nitrogen and oxygen atoms in total. The van der Waals surface area contributed by atoms with Crippen LogP contribution in [-0.2, 0) is 6.42 Å². The van der Waals surface area contributed by atoms with Gasteiger partial charge in [0.05, 0.1) is 5.01 Å². The molecular formula is C14H24N4OS. The zero-order valence-corrected chi connectivity index (χ0v) is 13.1. The average Bonchev–Trinajstić information content (AvgIpc) is 2.87. The summed E-state index contributed by atoms with van der Waals surface area (Å²) in [5.74, 6) is 0.524. The number of thiazole rings is 1. The molecule has 1 aromatic rings. The summed E-state index contributed by atoms with van der Waals surface area (Å²) in [5.41, 5.74) is 0.561. The number of aromatic nitrogens is 1. The fourth-order valence-electron chi connectivity index (χ4n) is 2.21. The van der Waals surface area contributed by atoms with Crippen molar-refractivity contribution < 1.29 is 4.79 Å². The first kappa shape index (κ1) is 15.4. The number of nitrogens with zero attached hydrogens (tertiary/aromatic N) is 2. The van der Waals surface area contributed by atoms with Gasteiger partial charge in [0.1, 0.15) is 5.69 Å². The van der Waals surface area contributed by atoms with Gasteiger partial charge in [-0.15, -0.1) is 11.3 Å². The van der Waals surface area contributed by atoms with Gasteiger partial charge in [0.2, 0.25) is 0 Å². The van der Waals surface area contributed by atoms with Crippen molar-refractivity contribution >= 4 is 17.2 Å². The zero-order valence-electron chi connectivity index (χ0n) is 12.3. The molecule has 1 fully saturated rings. The van der Waals surface area contributed by atoms with Crippen LogP contribution in [0.3, 0.4) is 0 Å². The second-order valence-corrected chi connectivity index (χ2v) is 6.51. The van der Waals surface area contributed by atoms with E-state index in [0.29, 0.717) is 18.2 Å². The molecule has 0 bridgehead atoms. The van der Waals surface area contributed by atoms with Gasteiger partial charge >= 0.3 is 0 Å². The molecule has 0 saturated carbocycles. The summed E-state index contributed by atoms with van der Waals surface area (Å²) in [7, 11) is 0. The third kappa shape index (κ3) is 4.85. The van der Waals surface area contributed by atoms with Crippen LogP contribution in [0, 0.1) is 5.92 Å². The molecule has 6 heteroatoms. The third-order valence-corrected chi connectivity index (χ3v) is 4.16. The summed E-state index contributed by atoms with van der Waals surface area (Å²) < 4.78 is 0. The Kier molecular flexibility index (Phi) is 5.94. The highest BCUT2D eigenvalue weighted by atomic mass is 32.1. The molecule has 1 saturated heterocycles. The maximum atomic E-state index is 12.0. The van der Waals surface area contributed by atoms with Crippen LogP contribution in [0.2, 0.25) is 0 Å². The van der Waals surface area contributed by atoms with E-state index in [-0.39, 0.29) is 5.91 Å². The lowest BCUT2D eigenvalue weighted by atomic mass is 10.1. The van der Waals surface area contributed by atoms with E-state index in [4.69, 9.17) is 0 Å². The second kappa shape index (κ2) is 7.71. The molecule has 0 unspecified atom stereocenters. The van der Waals surface area contributed by atoms with Gasteiger partial charge in [0.15, 0.2) is 0 Å². The van der Waals surface area contributed by atoms with E-state index in [2.05, 4.69) is 34.4 Å². The lowest BCUT2D eigenvalue weighted by Crippen LogP contribution is -2.46. The van der Waals surface area contributed by atoms with Crippen molar-refractivity contribution in [1.82, 2.24) is 20.5 Å². The van der Waals surface area contributed by atoms with Crippen LogP contribution < -0.4 is 10.6 Å². The Bertz CT molecular complexity index is 427. The molecule has 0 atom stereocenters. The Balaban J connectivity index is 1.72. The van der Waals surface area contributed by atoms with E-state index in [1.807, 2.05) is 5.38 Å². The van der Waals surface area contributed by atoms with Crippen molar-refractivity contribution in [2.24, 2.45) is 5.92 Å². The van der Waals surface area contributed by atoms with Crippen LogP contribution in [0.5, 0.6) is 0 Å². The van der Waals surface area contributed by atoms with Crippen molar-refractivity contribution in [2.75, 3.05) is 39.3 Å². The molecule has 0 aromatic carbocycles.